The first-order valence-electron chi connectivity index (χ1n) is 7.68. The molecule has 0 unspecified atom stereocenters. The van der Waals surface area contributed by atoms with E-state index in [4.69, 9.17) is 21.1 Å². The van der Waals surface area contributed by atoms with Gasteiger partial charge in [-0.3, -0.25) is 9.59 Å². The minimum absolute atomic E-state index is 0.0881. The molecule has 0 spiro atoms. The Morgan fingerprint density at radius 3 is 2.17 bits per heavy atom. The second kappa shape index (κ2) is 8.31. The van der Waals surface area contributed by atoms with Crippen LogP contribution < -0.4 is 0 Å². The van der Waals surface area contributed by atoms with E-state index >= 15 is 0 Å². The highest BCUT2D eigenvalue weighted by Gasteiger charge is 2.51. The van der Waals surface area contributed by atoms with Crippen LogP contribution in [0.15, 0.2) is 41.8 Å². The van der Waals surface area contributed by atoms with E-state index in [0.29, 0.717) is 15.5 Å². The molecule has 2 aromatic rings. The van der Waals surface area contributed by atoms with Crippen LogP contribution in [0.4, 0.5) is 0 Å². The third-order valence-electron chi connectivity index (χ3n) is 3.60. The number of ether oxygens (including phenoxy) is 2. The summed E-state index contributed by atoms with van der Waals surface area (Å²) < 4.78 is 10.5. The summed E-state index contributed by atoms with van der Waals surface area (Å²) in [5.41, 5.74) is -0.862. The third kappa shape index (κ3) is 3.62. The van der Waals surface area contributed by atoms with Crippen LogP contribution in [-0.2, 0) is 30.9 Å². The maximum Gasteiger partial charge on any atom is 0.329 e. The highest BCUT2D eigenvalue weighted by molar-refractivity contribution is 7.10. The maximum absolute atomic E-state index is 12.8. The second-order valence-electron chi connectivity index (χ2n) is 5.09. The number of halogens is 1. The number of thiophene rings is 1. The zero-order chi connectivity index (χ0) is 17.6. The van der Waals surface area contributed by atoms with Crippen molar-refractivity contribution in [2.75, 3.05) is 13.2 Å². The predicted molar refractivity (Wildman–Crippen MR) is 94.4 cm³/mol. The van der Waals surface area contributed by atoms with E-state index in [9.17, 15) is 9.59 Å². The number of esters is 2. The molecule has 1 heterocycles. The van der Waals surface area contributed by atoms with E-state index in [2.05, 4.69) is 0 Å². The van der Waals surface area contributed by atoms with E-state index in [1.807, 2.05) is 11.4 Å². The van der Waals surface area contributed by atoms with Crippen molar-refractivity contribution in [3.05, 3.63) is 57.2 Å². The average Bonchev–Trinajstić information content (AvgIpc) is 3.09. The first-order valence-corrected chi connectivity index (χ1v) is 8.93. The lowest BCUT2D eigenvalue weighted by atomic mass is 9.80. The smallest absolute Gasteiger partial charge is 0.329 e. The molecule has 2 rings (SSSR count). The molecule has 0 fully saturated rings. The minimum atomic E-state index is -1.55. The Labute approximate surface area is 150 Å². The van der Waals surface area contributed by atoms with E-state index in [-0.39, 0.29) is 19.6 Å². The molecule has 0 radical (unpaired) electrons. The number of rotatable bonds is 7. The number of hydrogen-bond acceptors (Lipinski definition) is 5. The predicted octanol–water partition coefficient (Wildman–Crippen LogP) is 4.01. The third-order valence-corrected chi connectivity index (χ3v) is 5.00. The fourth-order valence-corrected chi connectivity index (χ4v) is 3.58. The van der Waals surface area contributed by atoms with Gasteiger partial charge in [-0.25, -0.2) is 0 Å². The fourth-order valence-electron chi connectivity index (χ4n) is 2.47. The number of carbonyl (C=O) groups excluding carboxylic acids is 2. The van der Waals surface area contributed by atoms with Crippen molar-refractivity contribution in [3.63, 3.8) is 0 Å². The lowest BCUT2D eigenvalue weighted by Gasteiger charge is -2.28. The summed E-state index contributed by atoms with van der Waals surface area (Å²) in [5, 5.41) is 2.31. The van der Waals surface area contributed by atoms with Gasteiger partial charge >= 0.3 is 11.9 Å². The standard InChI is InChI=1S/C18H19ClO4S/c1-3-22-16(20)18(17(21)23-4-2,15-10-7-11-24-15)12-13-8-5-6-9-14(13)19/h5-11H,3-4,12H2,1-2H3. The Kier molecular flexibility index (Phi) is 6.40. The van der Waals surface area contributed by atoms with E-state index in [0.717, 1.165) is 0 Å². The van der Waals surface area contributed by atoms with Crippen LogP contribution in [0.1, 0.15) is 24.3 Å². The number of carbonyl (C=O) groups is 2. The summed E-state index contributed by atoms with van der Waals surface area (Å²) >= 11 is 7.57. The van der Waals surface area contributed by atoms with Crippen LogP contribution in [-0.4, -0.2) is 25.2 Å². The molecular formula is C18H19ClO4S. The molecule has 0 saturated heterocycles. The number of hydrogen-bond donors (Lipinski definition) is 0. The molecule has 0 aliphatic rings. The summed E-state index contributed by atoms with van der Waals surface area (Å²) in [4.78, 5) is 26.3. The zero-order valence-electron chi connectivity index (χ0n) is 13.6. The van der Waals surface area contributed by atoms with Crippen molar-refractivity contribution in [3.8, 4) is 0 Å². The largest absolute Gasteiger partial charge is 0.465 e. The Hall–Kier alpha value is -1.85. The fraction of sp³-hybridized carbons (Fsp3) is 0.333. The highest BCUT2D eigenvalue weighted by atomic mass is 35.5. The van der Waals surface area contributed by atoms with Gasteiger partial charge in [-0.05, 0) is 36.9 Å². The average molecular weight is 367 g/mol. The molecule has 128 valence electrons. The lowest BCUT2D eigenvalue weighted by molar-refractivity contribution is -0.164. The lowest BCUT2D eigenvalue weighted by Crippen LogP contribution is -2.47. The van der Waals surface area contributed by atoms with E-state index in [1.54, 1.807) is 44.2 Å². The molecule has 24 heavy (non-hydrogen) atoms. The van der Waals surface area contributed by atoms with Crippen LogP contribution >= 0.6 is 22.9 Å². The summed E-state index contributed by atoms with van der Waals surface area (Å²) in [7, 11) is 0. The molecule has 0 aliphatic carbocycles. The first-order chi connectivity index (χ1) is 11.6. The van der Waals surface area contributed by atoms with Crippen molar-refractivity contribution in [2.45, 2.75) is 25.7 Å². The Bertz CT molecular complexity index is 679. The molecule has 0 atom stereocenters. The van der Waals surface area contributed by atoms with Gasteiger partial charge in [-0.2, -0.15) is 0 Å². The Morgan fingerprint density at radius 1 is 1.04 bits per heavy atom. The minimum Gasteiger partial charge on any atom is -0.465 e. The molecule has 6 heteroatoms. The van der Waals surface area contributed by atoms with Gasteiger partial charge in [-0.15, -0.1) is 11.3 Å². The molecular weight excluding hydrogens is 348 g/mol. The van der Waals surface area contributed by atoms with Crippen molar-refractivity contribution >= 4 is 34.9 Å². The molecule has 0 bridgehead atoms. The van der Waals surface area contributed by atoms with Crippen LogP contribution in [0.3, 0.4) is 0 Å². The quantitative estimate of drug-likeness (QED) is 0.548. The normalized spacial score (nSPS) is 11.1. The van der Waals surface area contributed by atoms with Crippen LogP contribution in [0.2, 0.25) is 5.02 Å². The van der Waals surface area contributed by atoms with Gasteiger partial charge in [0.15, 0.2) is 0 Å². The van der Waals surface area contributed by atoms with Crippen molar-refractivity contribution in [1.82, 2.24) is 0 Å². The molecule has 0 amide bonds. The van der Waals surface area contributed by atoms with Gasteiger partial charge in [0.25, 0.3) is 0 Å². The monoisotopic (exact) mass is 366 g/mol. The highest BCUT2D eigenvalue weighted by Crippen LogP contribution is 2.36. The Balaban J connectivity index is 2.59. The van der Waals surface area contributed by atoms with Crippen LogP contribution in [0.5, 0.6) is 0 Å². The summed E-state index contributed by atoms with van der Waals surface area (Å²) in [5.74, 6) is -1.24. The Morgan fingerprint density at radius 2 is 1.67 bits per heavy atom. The summed E-state index contributed by atoms with van der Waals surface area (Å²) in [6.07, 6.45) is 0.0881. The van der Waals surface area contributed by atoms with Crippen molar-refractivity contribution < 1.29 is 19.1 Å². The first kappa shape index (κ1) is 18.5. The van der Waals surface area contributed by atoms with Crippen LogP contribution in [0, 0.1) is 0 Å². The van der Waals surface area contributed by atoms with E-state index in [1.165, 1.54) is 11.3 Å². The van der Waals surface area contributed by atoms with Gasteiger partial charge in [0, 0.05) is 16.3 Å². The molecule has 0 N–H and O–H groups in total. The molecule has 0 aliphatic heterocycles. The SMILES string of the molecule is CCOC(=O)C(Cc1ccccc1Cl)(C(=O)OCC)c1cccs1. The molecule has 1 aromatic carbocycles. The second-order valence-corrected chi connectivity index (χ2v) is 6.45. The van der Waals surface area contributed by atoms with Gasteiger partial charge in [0.2, 0.25) is 5.41 Å². The topological polar surface area (TPSA) is 52.6 Å². The molecule has 4 nitrogen and oxygen atoms in total. The zero-order valence-corrected chi connectivity index (χ0v) is 15.2. The van der Waals surface area contributed by atoms with Gasteiger partial charge < -0.3 is 9.47 Å². The van der Waals surface area contributed by atoms with Crippen molar-refractivity contribution in [2.24, 2.45) is 0 Å². The maximum atomic E-state index is 12.8. The van der Waals surface area contributed by atoms with E-state index < -0.39 is 17.4 Å². The van der Waals surface area contributed by atoms with Gasteiger partial charge in [0.1, 0.15) is 0 Å². The van der Waals surface area contributed by atoms with Crippen molar-refractivity contribution in [1.29, 1.82) is 0 Å². The molecule has 1 aromatic heterocycles. The van der Waals surface area contributed by atoms with Gasteiger partial charge in [0.05, 0.1) is 13.2 Å². The summed E-state index contributed by atoms with van der Waals surface area (Å²) in [6, 6.07) is 10.7. The van der Waals surface area contributed by atoms with Crippen LogP contribution in [0.25, 0.3) is 0 Å². The number of benzene rings is 1. The van der Waals surface area contributed by atoms with Gasteiger partial charge in [-0.1, -0.05) is 35.9 Å². The molecule has 0 saturated carbocycles. The summed E-state index contributed by atoms with van der Waals surface area (Å²) in [6.45, 7) is 3.76.